The van der Waals surface area contributed by atoms with Gasteiger partial charge in [0.25, 0.3) is 0 Å². The number of benzene rings is 2. The van der Waals surface area contributed by atoms with E-state index in [9.17, 15) is 9.59 Å². The molecular formula is C17H16N3O3S+. The Hall–Kier alpha value is -2.80. The fourth-order valence-electron chi connectivity index (χ4n) is 2.10. The summed E-state index contributed by atoms with van der Waals surface area (Å²) >= 11 is 1.12. The molecule has 0 unspecified atom stereocenters. The van der Waals surface area contributed by atoms with Gasteiger partial charge in [-0.15, -0.1) is 0 Å². The largest absolute Gasteiger partial charge is 0.442 e. The number of aryl methyl sites for hydroxylation is 1. The number of carbonyl (C=O) groups excluding carboxylic acids is 1. The van der Waals surface area contributed by atoms with Crippen molar-refractivity contribution in [3.05, 3.63) is 70.6 Å². The topological polar surface area (TPSA) is 79.0 Å². The van der Waals surface area contributed by atoms with E-state index >= 15 is 0 Å². The van der Waals surface area contributed by atoms with Crippen LogP contribution in [0.1, 0.15) is 5.56 Å². The highest BCUT2D eigenvalue weighted by Crippen LogP contribution is 2.13. The number of hydrogen-bond donors (Lipinski definition) is 2. The van der Waals surface area contributed by atoms with E-state index in [-0.39, 0.29) is 11.7 Å². The van der Waals surface area contributed by atoms with Crippen LogP contribution in [0.2, 0.25) is 0 Å². The summed E-state index contributed by atoms with van der Waals surface area (Å²) in [6, 6.07) is 16.8. The minimum absolute atomic E-state index is 0.101. The van der Waals surface area contributed by atoms with Gasteiger partial charge in [0.1, 0.15) is 0 Å². The number of rotatable bonds is 5. The quantitative estimate of drug-likeness (QED) is 0.551. The molecule has 122 valence electrons. The molecule has 0 radical (unpaired) electrons. The van der Waals surface area contributed by atoms with Crippen LogP contribution in [0.3, 0.4) is 0 Å². The Labute approximate surface area is 142 Å². The third kappa shape index (κ3) is 3.75. The van der Waals surface area contributed by atoms with E-state index < -0.39 is 5.63 Å². The molecule has 0 aliphatic carbocycles. The van der Waals surface area contributed by atoms with Gasteiger partial charge in [0.05, 0.1) is 5.75 Å². The zero-order valence-corrected chi connectivity index (χ0v) is 13.8. The van der Waals surface area contributed by atoms with E-state index in [1.54, 1.807) is 12.1 Å². The maximum absolute atomic E-state index is 12.0. The lowest BCUT2D eigenvalue weighted by molar-refractivity contribution is -0.704. The van der Waals surface area contributed by atoms with Gasteiger partial charge < -0.3 is 5.32 Å². The molecule has 24 heavy (non-hydrogen) atoms. The van der Waals surface area contributed by atoms with E-state index in [1.807, 2.05) is 49.4 Å². The average Bonchev–Trinajstić information content (AvgIpc) is 2.95. The number of para-hydroxylation sites is 1. The third-order valence-electron chi connectivity index (χ3n) is 3.30. The molecule has 1 heterocycles. The first-order valence-corrected chi connectivity index (χ1v) is 8.30. The molecule has 1 aromatic heterocycles. The van der Waals surface area contributed by atoms with Crippen LogP contribution in [0.4, 0.5) is 5.69 Å². The molecule has 0 atom stereocenters. The lowest BCUT2D eigenvalue weighted by Crippen LogP contribution is -2.36. The smallest absolute Gasteiger partial charge is 0.325 e. The van der Waals surface area contributed by atoms with Crippen molar-refractivity contribution >= 4 is 23.4 Å². The number of H-pyrrole nitrogens is 1. The van der Waals surface area contributed by atoms with Crippen molar-refractivity contribution in [1.82, 2.24) is 5.27 Å². The molecule has 0 aliphatic heterocycles. The van der Waals surface area contributed by atoms with Crippen molar-refractivity contribution in [3.8, 4) is 5.69 Å². The molecule has 2 aromatic carbocycles. The Morgan fingerprint density at radius 3 is 2.58 bits per heavy atom. The summed E-state index contributed by atoms with van der Waals surface area (Å²) in [5, 5.41) is 5.66. The highest BCUT2D eigenvalue weighted by atomic mass is 32.2. The van der Waals surface area contributed by atoms with Crippen molar-refractivity contribution in [2.24, 2.45) is 0 Å². The second-order valence-electron chi connectivity index (χ2n) is 5.16. The summed E-state index contributed by atoms with van der Waals surface area (Å²) in [6.07, 6.45) is 0. The van der Waals surface area contributed by atoms with Gasteiger partial charge in [-0.25, -0.2) is 4.79 Å². The standard InChI is InChI=1S/C17H15N3O3S/c1-12-7-9-14(10-8-12)20-16(17(22)23-19-20)24-11-15(21)18-13-5-3-2-4-6-13/h2-10H,11H2,1H3,(H-,18,19,21,22)/p+1. The van der Waals surface area contributed by atoms with Crippen molar-refractivity contribution < 1.29 is 14.0 Å². The number of carbonyl (C=O) groups is 1. The summed E-state index contributed by atoms with van der Waals surface area (Å²) in [7, 11) is 0. The summed E-state index contributed by atoms with van der Waals surface area (Å²) < 4.78 is 6.39. The maximum Gasteiger partial charge on any atom is 0.442 e. The number of hydrogen-bond acceptors (Lipinski definition) is 4. The summed E-state index contributed by atoms with van der Waals surface area (Å²) in [5.74, 6) is -0.0918. The molecule has 3 rings (SSSR count). The van der Waals surface area contributed by atoms with Crippen molar-refractivity contribution in [2.75, 3.05) is 11.1 Å². The molecule has 7 heteroatoms. The Morgan fingerprint density at radius 2 is 1.88 bits per heavy atom. The number of amides is 1. The predicted molar refractivity (Wildman–Crippen MR) is 91.4 cm³/mol. The van der Waals surface area contributed by atoms with E-state index in [2.05, 4.69) is 10.6 Å². The summed E-state index contributed by atoms with van der Waals surface area (Å²) in [5.41, 5.74) is 2.09. The molecule has 1 amide bonds. The van der Waals surface area contributed by atoms with Crippen LogP contribution in [0.15, 0.2) is 68.9 Å². The minimum Gasteiger partial charge on any atom is -0.325 e. The van der Waals surface area contributed by atoms with Gasteiger partial charge in [0.15, 0.2) is 0 Å². The van der Waals surface area contributed by atoms with Crippen LogP contribution in [-0.4, -0.2) is 16.9 Å². The normalized spacial score (nSPS) is 10.5. The molecule has 0 spiro atoms. The van der Waals surface area contributed by atoms with Crippen molar-refractivity contribution in [1.29, 1.82) is 0 Å². The highest BCUT2D eigenvalue weighted by molar-refractivity contribution is 7.99. The second kappa shape index (κ2) is 7.18. The van der Waals surface area contributed by atoms with E-state index in [0.29, 0.717) is 5.03 Å². The van der Waals surface area contributed by atoms with Gasteiger partial charge in [-0.2, -0.15) is 0 Å². The number of thioether (sulfide) groups is 1. The van der Waals surface area contributed by atoms with E-state index in [4.69, 9.17) is 4.52 Å². The number of aromatic amines is 1. The molecule has 0 saturated heterocycles. The maximum atomic E-state index is 12.0. The fourth-order valence-corrected chi connectivity index (χ4v) is 2.87. The van der Waals surface area contributed by atoms with Crippen LogP contribution < -0.4 is 15.6 Å². The third-order valence-corrected chi connectivity index (χ3v) is 4.33. The molecule has 3 aromatic rings. The second-order valence-corrected chi connectivity index (χ2v) is 6.12. The van der Waals surface area contributed by atoms with Crippen LogP contribution in [0, 0.1) is 6.92 Å². The molecular weight excluding hydrogens is 326 g/mol. The average molecular weight is 342 g/mol. The van der Waals surface area contributed by atoms with Gasteiger partial charge in [0.2, 0.25) is 11.6 Å². The lowest BCUT2D eigenvalue weighted by atomic mass is 10.2. The van der Waals surface area contributed by atoms with Crippen LogP contribution in [0.5, 0.6) is 0 Å². The van der Waals surface area contributed by atoms with E-state index in [1.165, 1.54) is 4.68 Å². The fraction of sp³-hybridized carbons (Fsp3) is 0.118. The molecule has 6 nitrogen and oxygen atoms in total. The van der Waals surface area contributed by atoms with Crippen LogP contribution in [-0.2, 0) is 4.79 Å². The van der Waals surface area contributed by atoms with Gasteiger partial charge in [-0.05, 0) is 40.8 Å². The molecule has 0 saturated carbocycles. The van der Waals surface area contributed by atoms with Gasteiger partial charge >= 0.3 is 10.7 Å². The SMILES string of the molecule is Cc1ccc(-[n+]2[nH]oc(=O)c2SCC(=O)Nc2ccccc2)cc1. The first-order valence-electron chi connectivity index (χ1n) is 7.32. The van der Waals surface area contributed by atoms with Crippen LogP contribution in [0.25, 0.3) is 5.69 Å². The van der Waals surface area contributed by atoms with Crippen LogP contribution >= 0.6 is 11.8 Å². The Bertz CT molecular complexity index is 885. The molecule has 0 bridgehead atoms. The summed E-state index contributed by atoms with van der Waals surface area (Å²) in [4.78, 5) is 23.9. The zero-order valence-electron chi connectivity index (χ0n) is 13.0. The molecule has 0 fully saturated rings. The highest BCUT2D eigenvalue weighted by Gasteiger charge is 2.24. The van der Waals surface area contributed by atoms with Crippen molar-refractivity contribution in [2.45, 2.75) is 11.9 Å². The Kier molecular flexibility index (Phi) is 4.81. The predicted octanol–water partition coefficient (Wildman–Crippen LogP) is 2.28. The van der Waals surface area contributed by atoms with Gasteiger partial charge in [0, 0.05) is 17.8 Å². The zero-order chi connectivity index (χ0) is 16.9. The molecule has 2 N–H and O–H groups in total. The lowest BCUT2D eigenvalue weighted by Gasteiger charge is -2.02. The number of nitrogens with one attached hydrogen (secondary N) is 2. The first-order chi connectivity index (χ1) is 11.6. The number of aromatic nitrogens is 2. The Morgan fingerprint density at radius 1 is 1.17 bits per heavy atom. The summed E-state index contributed by atoms with van der Waals surface area (Å²) in [6.45, 7) is 1.98. The van der Waals surface area contributed by atoms with Gasteiger partial charge in [-0.3, -0.25) is 9.32 Å². The molecule has 0 aliphatic rings. The van der Waals surface area contributed by atoms with Gasteiger partial charge in [-0.1, -0.05) is 35.9 Å². The van der Waals surface area contributed by atoms with Crippen molar-refractivity contribution in [3.63, 3.8) is 0 Å². The first kappa shape index (κ1) is 16.1. The minimum atomic E-state index is -0.506. The number of anilines is 1. The Balaban J connectivity index is 1.71. The van der Waals surface area contributed by atoms with E-state index in [0.717, 1.165) is 28.7 Å². The number of nitrogens with zero attached hydrogens (tertiary/aromatic N) is 1. The monoisotopic (exact) mass is 342 g/mol.